The van der Waals surface area contributed by atoms with Crippen molar-refractivity contribution in [1.29, 1.82) is 0 Å². The van der Waals surface area contributed by atoms with Gasteiger partial charge in [-0.05, 0) is 18.1 Å². The van der Waals surface area contributed by atoms with Crippen LogP contribution in [0.5, 0.6) is 5.88 Å². The lowest BCUT2D eigenvalue weighted by atomic mass is 10.1. The van der Waals surface area contributed by atoms with E-state index in [1.165, 1.54) is 6.33 Å². The number of para-hydroxylation sites is 1. The number of aromatic nitrogens is 3. The molecular formula is C22H25N5O2. The predicted molar refractivity (Wildman–Crippen MR) is 112 cm³/mol. The Balaban J connectivity index is 1.39. The summed E-state index contributed by atoms with van der Waals surface area (Å²) in [5, 5.41) is 0.979. The molecule has 0 saturated carbocycles. The van der Waals surface area contributed by atoms with Crippen molar-refractivity contribution in [3.8, 4) is 5.88 Å². The van der Waals surface area contributed by atoms with E-state index in [1.807, 2.05) is 41.3 Å². The largest absolute Gasteiger partial charge is 0.477 e. The minimum Gasteiger partial charge on any atom is -0.477 e. The lowest BCUT2D eigenvalue weighted by molar-refractivity contribution is 0.0746. The average Bonchev–Trinajstić information content (AvgIpc) is 2.77. The summed E-state index contributed by atoms with van der Waals surface area (Å²) < 4.78 is 5.70. The van der Waals surface area contributed by atoms with Crippen LogP contribution in [0.25, 0.3) is 10.9 Å². The van der Waals surface area contributed by atoms with Gasteiger partial charge >= 0.3 is 0 Å². The molecule has 2 aromatic heterocycles. The van der Waals surface area contributed by atoms with E-state index < -0.39 is 0 Å². The van der Waals surface area contributed by atoms with E-state index in [2.05, 4.69) is 33.7 Å². The summed E-state index contributed by atoms with van der Waals surface area (Å²) in [6.07, 6.45) is 3.20. The molecule has 3 aromatic rings. The standard InChI is InChI=1S/C22H25N5O2/c1-16(2)14-29-21-12-20(24-15-25-21)26-7-9-27(10-8-26)22(28)18-11-17-5-3-4-6-19(17)23-13-18/h3-6,11-13,15-16H,7-10,14H2,1-2H3. The third-order valence-electron chi connectivity index (χ3n) is 4.92. The van der Waals surface area contributed by atoms with Gasteiger partial charge in [-0.3, -0.25) is 9.78 Å². The molecule has 1 saturated heterocycles. The fourth-order valence-corrected chi connectivity index (χ4v) is 3.34. The first-order valence-electron chi connectivity index (χ1n) is 9.94. The third-order valence-corrected chi connectivity index (χ3v) is 4.92. The molecule has 29 heavy (non-hydrogen) atoms. The maximum Gasteiger partial charge on any atom is 0.255 e. The van der Waals surface area contributed by atoms with E-state index in [4.69, 9.17) is 4.74 Å². The molecule has 0 radical (unpaired) electrons. The number of nitrogens with zero attached hydrogens (tertiary/aromatic N) is 5. The monoisotopic (exact) mass is 391 g/mol. The molecule has 150 valence electrons. The van der Waals surface area contributed by atoms with Gasteiger partial charge in [0, 0.05) is 43.8 Å². The zero-order chi connectivity index (χ0) is 20.2. The number of carbonyl (C=O) groups excluding carboxylic acids is 1. The Bertz CT molecular complexity index is 999. The molecule has 0 bridgehead atoms. The van der Waals surface area contributed by atoms with Crippen molar-refractivity contribution in [2.45, 2.75) is 13.8 Å². The van der Waals surface area contributed by atoms with Gasteiger partial charge in [0.15, 0.2) is 0 Å². The zero-order valence-corrected chi connectivity index (χ0v) is 16.8. The van der Waals surface area contributed by atoms with Crippen LogP contribution in [0.3, 0.4) is 0 Å². The SMILES string of the molecule is CC(C)COc1cc(N2CCN(C(=O)c3cnc4ccccc4c3)CC2)ncn1. The van der Waals surface area contributed by atoms with Gasteiger partial charge in [-0.15, -0.1) is 0 Å². The normalized spacial score (nSPS) is 14.4. The van der Waals surface area contributed by atoms with Gasteiger partial charge in [0.05, 0.1) is 17.7 Å². The maximum atomic E-state index is 12.9. The molecule has 1 aromatic carbocycles. The van der Waals surface area contributed by atoms with Gasteiger partial charge in [0.25, 0.3) is 5.91 Å². The van der Waals surface area contributed by atoms with Crippen LogP contribution in [0, 0.1) is 5.92 Å². The van der Waals surface area contributed by atoms with Crippen LogP contribution >= 0.6 is 0 Å². The summed E-state index contributed by atoms with van der Waals surface area (Å²) in [5.74, 6) is 1.88. The lowest BCUT2D eigenvalue weighted by Gasteiger charge is -2.35. The molecule has 1 aliphatic heterocycles. The second kappa shape index (κ2) is 8.43. The summed E-state index contributed by atoms with van der Waals surface area (Å²) in [7, 11) is 0. The zero-order valence-electron chi connectivity index (χ0n) is 16.8. The minimum atomic E-state index is 0.0200. The van der Waals surface area contributed by atoms with Crippen LogP contribution < -0.4 is 9.64 Å². The summed E-state index contributed by atoms with van der Waals surface area (Å²) in [5.41, 5.74) is 1.52. The van der Waals surface area contributed by atoms with Crippen molar-refractivity contribution < 1.29 is 9.53 Å². The smallest absolute Gasteiger partial charge is 0.255 e. The molecule has 0 N–H and O–H groups in total. The van der Waals surface area contributed by atoms with Crippen LogP contribution in [-0.2, 0) is 0 Å². The molecule has 0 aliphatic carbocycles. The fraction of sp³-hybridized carbons (Fsp3) is 0.364. The van der Waals surface area contributed by atoms with Crippen LogP contribution in [0.15, 0.2) is 48.9 Å². The second-order valence-electron chi connectivity index (χ2n) is 7.62. The highest BCUT2D eigenvalue weighted by molar-refractivity contribution is 5.97. The molecule has 7 heteroatoms. The van der Waals surface area contributed by atoms with Gasteiger partial charge in [0.2, 0.25) is 5.88 Å². The first-order valence-corrected chi connectivity index (χ1v) is 9.94. The Morgan fingerprint density at radius 1 is 1.07 bits per heavy atom. The van der Waals surface area contributed by atoms with Gasteiger partial charge < -0.3 is 14.5 Å². The van der Waals surface area contributed by atoms with E-state index in [-0.39, 0.29) is 5.91 Å². The summed E-state index contributed by atoms with van der Waals surface area (Å²) in [6, 6.07) is 11.6. The van der Waals surface area contributed by atoms with Crippen molar-refractivity contribution in [2.24, 2.45) is 5.92 Å². The number of amides is 1. The molecule has 1 amide bonds. The van der Waals surface area contributed by atoms with Gasteiger partial charge in [-0.2, -0.15) is 0 Å². The van der Waals surface area contributed by atoms with Crippen molar-refractivity contribution in [3.05, 3.63) is 54.5 Å². The molecule has 3 heterocycles. The number of anilines is 1. The number of rotatable bonds is 5. The second-order valence-corrected chi connectivity index (χ2v) is 7.62. The molecule has 0 atom stereocenters. The lowest BCUT2D eigenvalue weighted by Crippen LogP contribution is -2.49. The molecular weight excluding hydrogens is 366 g/mol. The van der Waals surface area contributed by atoms with E-state index in [9.17, 15) is 4.79 Å². The minimum absolute atomic E-state index is 0.0200. The van der Waals surface area contributed by atoms with Gasteiger partial charge in [0.1, 0.15) is 12.1 Å². The van der Waals surface area contributed by atoms with Crippen molar-refractivity contribution >= 4 is 22.6 Å². The Hall–Kier alpha value is -3.22. The highest BCUT2D eigenvalue weighted by atomic mass is 16.5. The Morgan fingerprint density at radius 2 is 1.86 bits per heavy atom. The quantitative estimate of drug-likeness (QED) is 0.666. The van der Waals surface area contributed by atoms with E-state index >= 15 is 0 Å². The molecule has 0 spiro atoms. The summed E-state index contributed by atoms with van der Waals surface area (Å²) in [6.45, 7) is 7.53. The number of hydrogen-bond donors (Lipinski definition) is 0. The highest BCUT2D eigenvalue weighted by Gasteiger charge is 2.23. The van der Waals surface area contributed by atoms with Crippen LogP contribution in [0.2, 0.25) is 0 Å². The van der Waals surface area contributed by atoms with Gasteiger partial charge in [-0.1, -0.05) is 32.0 Å². The van der Waals surface area contributed by atoms with E-state index in [1.54, 1.807) is 6.20 Å². The van der Waals surface area contributed by atoms with Crippen molar-refractivity contribution in [1.82, 2.24) is 19.9 Å². The van der Waals surface area contributed by atoms with Gasteiger partial charge in [-0.25, -0.2) is 9.97 Å². The fourth-order valence-electron chi connectivity index (χ4n) is 3.34. The van der Waals surface area contributed by atoms with Crippen molar-refractivity contribution in [3.63, 3.8) is 0 Å². The third kappa shape index (κ3) is 4.45. The average molecular weight is 391 g/mol. The summed E-state index contributed by atoms with van der Waals surface area (Å²) >= 11 is 0. The first-order chi connectivity index (χ1) is 14.1. The highest BCUT2D eigenvalue weighted by Crippen LogP contribution is 2.20. The number of benzene rings is 1. The van der Waals surface area contributed by atoms with E-state index in [0.717, 1.165) is 16.7 Å². The number of piperazine rings is 1. The topological polar surface area (TPSA) is 71.5 Å². The van der Waals surface area contributed by atoms with E-state index in [0.29, 0.717) is 50.1 Å². The Morgan fingerprint density at radius 3 is 2.66 bits per heavy atom. The predicted octanol–water partition coefficient (Wildman–Crippen LogP) is 3.02. The Kier molecular flexibility index (Phi) is 5.55. The number of fused-ring (bicyclic) bond motifs is 1. The van der Waals surface area contributed by atoms with Crippen LogP contribution in [-0.4, -0.2) is 58.5 Å². The number of hydrogen-bond acceptors (Lipinski definition) is 6. The maximum absolute atomic E-state index is 12.9. The van der Waals surface area contributed by atoms with Crippen molar-refractivity contribution in [2.75, 3.05) is 37.7 Å². The summed E-state index contributed by atoms with van der Waals surface area (Å²) in [4.78, 5) is 29.9. The van der Waals surface area contributed by atoms with Crippen LogP contribution in [0.4, 0.5) is 5.82 Å². The molecule has 1 aliphatic rings. The molecule has 4 rings (SSSR count). The molecule has 0 unspecified atom stereocenters. The first kappa shape index (κ1) is 19.1. The Labute approximate surface area is 170 Å². The molecule has 1 fully saturated rings. The molecule has 7 nitrogen and oxygen atoms in total. The number of carbonyl (C=O) groups is 1. The number of pyridine rings is 1. The van der Waals surface area contributed by atoms with Crippen LogP contribution in [0.1, 0.15) is 24.2 Å². The number of ether oxygens (including phenoxy) is 1.